The van der Waals surface area contributed by atoms with E-state index >= 15 is 0 Å². The van der Waals surface area contributed by atoms with Gasteiger partial charge in [-0.2, -0.15) is 0 Å². The van der Waals surface area contributed by atoms with Crippen LogP contribution in [-0.2, 0) is 24.2 Å². The monoisotopic (exact) mass is 330 g/mol. The number of hydrogen-bond acceptors (Lipinski definition) is 5. The van der Waals surface area contributed by atoms with E-state index in [1.54, 1.807) is 13.3 Å². The first kappa shape index (κ1) is 16.4. The van der Waals surface area contributed by atoms with Gasteiger partial charge in [-0.15, -0.1) is 0 Å². The molecule has 0 radical (unpaired) electrons. The van der Waals surface area contributed by atoms with Crippen LogP contribution in [0.4, 0.5) is 0 Å². The summed E-state index contributed by atoms with van der Waals surface area (Å²) >= 11 is 0. The number of aryl methyl sites for hydroxylation is 1. The van der Waals surface area contributed by atoms with Gasteiger partial charge in [0.2, 0.25) is 5.91 Å². The Morgan fingerprint density at radius 2 is 2.33 bits per heavy atom. The SMILES string of the molecule is CCCc1ncc(CNC(=O)C2COc3cc(OC)ccc3C2)o1. The van der Waals surface area contributed by atoms with Crippen molar-refractivity contribution in [1.29, 1.82) is 0 Å². The number of benzene rings is 1. The van der Waals surface area contributed by atoms with Gasteiger partial charge in [-0.25, -0.2) is 4.98 Å². The van der Waals surface area contributed by atoms with Gasteiger partial charge in [0.15, 0.2) is 5.89 Å². The third kappa shape index (κ3) is 3.69. The lowest BCUT2D eigenvalue weighted by atomic mass is 9.96. The Morgan fingerprint density at radius 1 is 1.46 bits per heavy atom. The van der Waals surface area contributed by atoms with E-state index in [2.05, 4.69) is 17.2 Å². The molecule has 128 valence electrons. The molecule has 1 aromatic heterocycles. The first-order chi connectivity index (χ1) is 11.7. The molecule has 1 aliphatic rings. The van der Waals surface area contributed by atoms with Gasteiger partial charge in [0.1, 0.15) is 23.9 Å². The number of oxazole rings is 1. The van der Waals surface area contributed by atoms with E-state index in [4.69, 9.17) is 13.9 Å². The van der Waals surface area contributed by atoms with Crippen LogP contribution in [0.5, 0.6) is 11.5 Å². The maximum atomic E-state index is 12.4. The van der Waals surface area contributed by atoms with Crippen LogP contribution in [0.15, 0.2) is 28.8 Å². The Labute approximate surface area is 141 Å². The van der Waals surface area contributed by atoms with Crippen molar-refractivity contribution in [3.05, 3.63) is 41.6 Å². The molecule has 1 aliphatic heterocycles. The van der Waals surface area contributed by atoms with Crippen molar-refractivity contribution in [1.82, 2.24) is 10.3 Å². The fourth-order valence-electron chi connectivity index (χ4n) is 2.73. The average molecular weight is 330 g/mol. The molecule has 0 saturated heterocycles. The van der Waals surface area contributed by atoms with Crippen molar-refractivity contribution in [3.8, 4) is 11.5 Å². The summed E-state index contributed by atoms with van der Waals surface area (Å²) in [7, 11) is 1.62. The summed E-state index contributed by atoms with van der Waals surface area (Å²) in [6.45, 7) is 2.78. The summed E-state index contributed by atoms with van der Waals surface area (Å²) < 4.78 is 16.5. The molecule has 2 heterocycles. The number of carbonyl (C=O) groups is 1. The number of nitrogens with zero attached hydrogens (tertiary/aromatic N) is 1. The first-order valence-corrected chi connectivity index (χ1v) is 8.20. The van der Waals surface area contributed by atoms with Gasteiger partial charge < -0.3 is 19.2 Å². The molecule has 0 spiro atoms. The molecule has 6 heteroatoms. The van der Waals surface area contributed by atoms with Crippen LogP contribution in [0.25, 0.3) is 0 Å². The zero-order valence-electron chi connectivity index (χ0n) is 14.0. The van der Waals surface area contributed by atoms with Crippen molar-refractivity contribution in [2.45, 2.75) is 32.7 Å². The zero-order valence-corrected chi connectivity index (χ0v) is 14.0. The highest BCUT2D eigenvalue weighted by atomic mass is 16.5. The molecule has 0 aliphatic carbocycles. The Morgan fingerprint density at radius 3 is 3.12 bits per heavy atom. The summed E-state index contributed by atoms with van der Waals surface area (Å²) in [6.07, 6.45) is 4.12. The minimum Gasteiger partial charge on any atom is -0.497 e. The van der Waals surface area contributed by atoms with E-state index in [-0.39, 0.29) is 11.8 Å². The fraction of sp³-hybridized carbons (Fsp3) is 0.444. The number of fused-ring (bicyclic) bond motifs is 1. The zero-order chi connectivity index (χ0) is 16.9. The summed E-state index contributed by atoms with van der Waals surface area (Å²) in [5.41, 5.74) is 1.02. The molecule has 24 heavy (non-hydrogen) atoms. The molecule has 1 amide bonds. The maximum absolute atomic E-state index is 12.4. The van der Waals surface area contributed by atoms with Crippen molar-refractivity contribution in [2.75, 3.05) is 13.7 Å². The highest BCUT2D eigenvalue weighted by Crippen LogP contribution is 2.31. The molecule has 1 N–H and O–H groups in total. The molecule has 2 aromatic rings. The summed E-state index contributed by atoms with van der Waals surface area (Å²) in [6, 6.07) is 5.68. The first-order valence-electron chi connectivity index (χ1n) is 8.20. The van der Waals surface area contributed by atoms with Gasteiger partial charge in [-0.05, 0) is 24.5 Å². The van der Waals surface area contributed by atoms with Gasteiger partial charge in [-0.1, -0.05) is 13.0 Å². The van der Waals surface area contributed by atoms with Crippen molar-refractivity contribution in [3.63, 3.8) is 0 Å². The predicted molar refractivity (Wildman–Crippen MR) is 88.0 cm³/mol. The molecule has 6 nitrogen and oxygen atoms in total. The van der Waals surface area contributed by atoms with E-state index < -0.39 is 0 Å². The minimum atomic E-state index is -0.205. The smallest absolute Gasteiger partial charge is 0.227 e. The third-order valence-corrected chi connectivity index (χ3v) is 4.05. The topological polar surface area (TPSA) is 73.6 Å². The van der Waals surface area contributed by atoms with Gasteiger partial charge in [0, 0.05) is 12.5 Å². The largest absolute Gasteiger partial charge is 0.497 e. The number of nitrogens with one attached hydrogen (secondary N) is 1. The van der Waals surface area contributed by atoms with E-state index in [1.807, 2.05) is 18.2 Å². The number of carbonyl (C=O) groups excluding carboxylic acids is 1. The van der Waals surface area contributed by atoms with Crippen LogP contribution in [0.1, 0.15) is 30.6 Å². The highest BCUT2D eigenvalue weighted by Gasteiger charge is 2.26. The molecular formula is C18H22N2O4. The maximum Gasteiger partial charge on any atom is 0.227 e. The van der Waals surface area contributed by atoms with E-state index in [1.165, 1.54) is 0 Å². The number of methoxy groups -OCH3 is 1. The van der Waals surface area contributed by atoms with E-state index in [9.17, 15) is 4.79 Å². The lowest BCUT2D eigenvalue weighted by Crippen LogP contribution is -2.36. The van der Waals surface area contributed by atoms with Crippen LogP contribution in [-0.4, -0.2) is 24.6 Å². The Balaban J connectivity index is 1.55. The third-order valence-electron chi connectivity index (χ3n) is 4.05. The van der Waals surface area contributed by atoms with Crippen molar-refractivity contribution in [2.24, 2.45) is 5.92 Å². The summed E-state index contributed by atoms with van der Waals surface area (Å²) in [5, 5.41) is 2.90. The second-order valence-electron chi connectivity index (χ2n) is 5.87. The molecule has 1 unspecified atom stereocenters. The second kappa shape index (κ2) is 7.38. The minimum absolute atomic E-state index is 0.0371. The van der Waals surface area contributed by atoms with Gasteiger partial charge in [0.25, 0.3) is 0 Å². The average Bonchev–Trinajstić information content (AvgIpc) is 3.06. The van der Waals surface area contributed by atoms with Gasteiger partial charge in [0.05, 0.1) is 25.8 Å². The normalized spacial score (nSPS) is 16.2. The molecule has 1 aromatic carbocycles. The lowest BCUT2D eigenvalue weighted by molar-refractivity contribution is -0.126. The molecule has 0 saturated carbocycles. The quantitative estimate of drug-likeness (QED) is 0.881. The van der Waals surface area contributed by atoms with Gasteiger partial charge >= 0.3 is 0 Å². The Kier molecular flexibility index (Phi) is 5.03. The van der Waals surface area contributed by atoms with Crippen molar-refractivity contribution < 1.29 is 18.7 Å². The number of hydrogen-bond donors (Lipinski definition) is 1. The standard InChI is InChI=1S/C18H22N2O4/c1-3-4-17-19-9-15(24-17)10-20-18(21)13-7-12-5-6-14(22-2)8-16(12)23-11-13/h5-6,8-9,13H,3-4,7,10-11H2,1-2H3,(H,20,21). The highest BCUT2D eigenvalue weighted by molar-refractivity contribution is 5.79. The van der Waals surface area contributed by atoms with E-state index in [0.29, 0.717) is 31.2 Å². The molecular weight excluding hydrogens is 308 g/mol. The van der Waals surface area contributed by atoms with Crippen LogP contribution >= 0.6 is 0 Å². The van der Waals surface area contributed by atoms with Gasteiger partial charge in [-0.3, -0.25) is 4.79 Å². The summed E-state index contributed by atoms with van der Waals surface area (Å²) in [5.74, 6) is 2.69. The Hall–Kier alpha value is -2.50. The van der Waals surface area contributed by atoms with Crippen LogP contribution in [0.2, 0.25) is 0 Å². The Bertz CT molecular complexity index is 711. The van der Waals surface area contributed by atoms with Crippen molar-refractivity contribution >= 4 is 5.91 Å². The van der Waals surface area contributed by atoms with E-state index in [0.717, 1.165) is 29.9 Å². The molecule has 0 fully saturated rings. The second-order valence-corrected chi connectivity index (χ2v) is 5.87. The fourth-order valence-corrected chi connectivity index (χ4v) is 2.73. The number of ether oxygens (including phenoxy) is 2. The molecule has 0 bridgehead atoms. The van der Waals surface area contributed by atoms with Crippen LogP contribution in [0, 0.1) is 5.92 Å². The number of aromatic nitrogens is 1. The number of amides is 1. The van der Waals surface area contributed by atoms with Crippen LogP contribution < -0.4 is 14.8 Å². The number of rotatable bonds is 6. The molecule has 1 atom stereocenters. The summed E-state index contributed by atoms with van der Waals surface area (Å²) in [4.78, 5) is 16.5. The molecule has 3 rings (SSSR count). The predicted octanol–water partition coefficient (Wildman–Crippen LogP) is 2.50. The lowest BCUT2D eigenvalue weighted by Gasteiger charge is -2.24. The van der Waals surface area contributed by atoms with Crippen LogP contribution in [0.3, 0.4) is 0 Å².